The summed E-state index contributed by atoms with van der Waals surface area (Å²) >= 11 is 3.35. The van der Waals surface area contributed by atoms with E-state index in [1.807, 2.05) is 27.0 Å². The molecule has 0 spiro atoms. The molecule has 4 nitrogen and oxygen atoms in total. The average molecular weight is 273 g/mol. The van der Waals surface area contributed by atoms with Gasteiger partial charge in [-0.1, -0.05) is 0 Å². The van der Waals surface area contributed by atoms with Crippen molar-refractivity contribution in [3.05, 3.63) is 15.6 Å². The third-order valence-corrected chi connectivity index (χ3v) is 4.11. The van der Waals surface area contributed by atoms with E-state index in [9.17, 15) is 4.79 Å². The molecule has 0 bridgehead atoms. The van der Waals surface area contributed by atoms with Gasteiger partial charge in [-0.2, -0.15) is 11.8 Å². The van der Waals surface area contributed by atoms with Gasteiger partial charge in [0.05, 0.1) is 17.2 Å². The van der Waals surface area contributed by atoms with Crippen LogP contribution >= 0.6 is 23.1 Å². The fourth-order valence-corrected chi connectivity index (χ4v) is 2.92. The Morgan fingerprint density at radius 1 is 1.53 bits per heavy atom. The Morgan fingerprint density at radius 2 is 2.24 bits per heavy atom. The smallest absolute Gasteiger partial charge is 0.315 e. The molecule has 2 amide bonds. The van der Waals surface area contributed by atoms with Gasteiger partial charge in [0, 0.05) is 16.7 Å². The number of rotatable bonds is 5. The molecule has 0 saturated heterocycles. The number of aryl methyl sites for hydroxylation is 2. The number of thioether (sulfide) groups is 1. The highest BCUT2D eigenvalue weighted by atomic mass is 32.2. The monoisotopic (exact) mass is 273 g/mol. The molecular weight excluding hydrogens is 254 g/mol. The van der Waals surface area contributed by atoms with E-state index in [1.54, 1.807) is 23.1 Å². The maximum atomic E-state index is 11.6. The number of hydrogen-bond donors (Lipinski definition) is 2. The molecule has 0 aliphatic heterocycles. The summed E-state index contributed by atoms with van der Waals surface area (Å²) in [7, 11) is 0. The molecular formula is C11H19N3OS2. The Bertz CT molecular complexity index is 379. The van der Waals surface area contributed by atoms with Crippen molar-refractivity contribution in [2.45, 2.75) is 33.4 Å². The molecule has 2 N–H and O–H groups in total. The molecule has 96 valence electrons. The van der Waals surface area contributed by atoms with Crippen molar-refractivity contribution < 1.29 is 4.79 Å². The molecule has 17 heavy (non-hydrogen) atoms. The molecule has 0 radical (unpaired) electrons. The lowest BCUT2D eigenvalue weighted by molar-refractivity contribution is 0.238. The highest BCUT2D eigenvalue weighted by Gasteiger charge is 2.08. The first-order valence-corrected chi connectivity index (χ1v) is 7.70. The van der Waals surface area contributed by atoms with Crippen LogP contribution in [0.1, 0.15) is 22.5 Å². The van der Waals surface area contributed by atoms with E-state index >= 15 is 0 Å². The average Bonchev–Trinajstić information content (AvgIpc) is 2.54. The Kier molecular flexibility index (Phi) is 5.77. The predicted octanol–water partition coefficient (Wildman–Crippen LogP) is 2.31. The topological polar surface area (TPSA) is 54.0 Å². The second-order valence-electron chi connectivity index (χ2n) is 3.92. The van der Waals surface area contributed by atoms with E-state index in [0.717, 1.165) is 21.3 Å². The van der Waals surface area contributed by atoms with Crippen molar-refractivity contribution in [2.24, 2.45) is 0 Å². The zero-order valence-electron chi connectivity index (χ0n) is 10.7. The minimum absolute atomic E-state index is 0.114. The van der Waals surface area contributed by atoms with Gasteiger partial charge in [-0.3, -0.25) is 0 Å². The van der Waals surface area contributed by atoms with E-state index in [4.69, 9.17) is 0 Å². The Morgan fingerprint density at radius 3 is 2.76 bits per heavy atom. The molecule has 1 heterocycles. The van der Waals surface area contributed by atoms with Crippen LogP contribution in [-0.4, -0.2) is 29.1 Å². The number of hydrogen-bond acceptors (Lipinski definition) is 4. The molecule has 6 heteroatoms. The summed E-state index contributed by atoms with van der Waals surface area (Å²) < 4.78 is 0. The van der Waals surface area contributed by atoms with Crippen LogP contribution in [0.15, 0.2) is 0 Å². The molecule has 0 saturated carbocycles. The summed E-state index contributed by atoms with van der Waals surface area (Å²) in [6.45, 7) is 6.49. The number of urea groups is 1. The molecule has 1 unspecified atom stereocenters. The molecule has 1 rings (SSSR count). The third-order valence-electron chi connectivity index (χ3n) is 2.20. The first kappa shape index (κ1) is 14.3. The third kappa shape index (κ3) is 4.95. The summed E-state index contributed by atoms with van der Waals surface area (Å²) in [4.78, 5) is 17.0. The number of carbonyl (C=O) groups excluding carboxylic acids is 1. The minimum Gasteiger partial charge on any atom is -0.335 e. The van der Waals surface area contributed by atoms with Crippen LogP contribution < -0.4 is 10.6 Å². The zero-order valence-corrected chi connectivity index (χ0v) is 12.3. The fraction of sp³-hybridized carbons (Fsp3) is 0.636. The van der Waals surface area contributed by atoms with E-state index in [1.165, 1.54) is 0 Å². The first-order chi connectivity index (χ1) is 8.02. The summed E-state index contributed by atoms with van der Waals surface area (Å²) in [5.74, 6) is 0.923. The molecule has 0 aliphatic rings. The summed E-state index contributed by atoms with van der Waals surface area (Å²) in [6.07, 6.45) is 2.03. The highest BCUT2D eigenvalue weighted by Crippen LogP contribution is 2.16. The molecule has 1 atom stereocenters. The number of nitrogens with zero attached hydrogens (tertiary/aromatic N) is 1. The van der Waals surface area contributed by atoms with Gasteiger partial charge in [0.15, 0.2) is 0 Å². The predicted molar refractivity (Wildman–Crippen MR) is 74.8 cm³/mol. The van der Waals surface area contributed by atoms with Gasteiger partial charge in [-0.15, -0.1) is 11.3 Å². The highest BCUT2D eigenvalue weighted by molar-refractivity contribution is 7.98. The quantitative estimate of drug-likeness (QED) is 0.865. The number of carbonyl (C=O) groups is 1. The number of amides is 2. The molecule has 0 fully saturated rings. The minimum atomic E-state index is -0.114. The van der Waals surface area contributed by atoms with E-state index in [0.29, 0.717) is 6.54 Å². The van der Waals surface area contributed by atoms with Crippen molar-refractivity contribution in [1.29, 1.82) is 0 Å². The van der Waals surface area contributed by atoms with Crippen molar-refractivity contribution in [3.63, 3.8) is 0 Å². The van der Waals surface area contributed by atoms with Gasteiger partial charge >= 0.3 is 6.03 Å². The van der Waals surface area contributed by atoms with Crippen LogP contribution in [0.2, 0.25) is 0 Å². The SMILES string of the molecule is CSCC(C)NC(=O)NCc1sc(C)nc1C. The Balaban J connectivity index is 2.35. The maximum absolute atomic E-state index is 11.6. The Hall–Kier alpha value is -0.750. The van der Waals surface area contributed by atoms with Crippen molar-refractivity contribution >= 4 is 29.1 Å². The number of aromatic nitrogens is 1. The number of nitrogens with one attached hydrogen (secondary N) is 2. The van der Waals surface area contributed by atoms with Crippen molar-refractivity contribution in [3.8, 4) is 0 Å². The van der Waals surface area contributed by atoms with E-state index in [2.05, 4.69) is 15.6 Å². The standard InChI is InChI=1S/C11H19N3OS2/c1-7(6-16-4)13-11(15)12-5-10-8(2)14-9(3)17-10/h7H,5-6H2,1-4H3,(H2,12,13,15). The van der Waals surface area contributed by atoms with E-state index < -0.39 is 0 Å². The molecule has 0 aliphatic carbocycles. The second-order valence-corrected chi connectivity index (χ2v) is 6.12. The van der Waals surface area contributed by atoms with Gasteiger partial charge in [0.25, 0.3) is 0 Å². The van der Waals surface area contributed by atoms with Gasteiger partial charge < -0.3 is 10.6 Å². The van der Waals surface area contributed by atoms with Crippen molar-refractivity contribution in [2.75, 3.05) is 12.0 Å². The summed E-state index contributed by atoms with van der Waals surface area (Å²) in [5.41, 5.74) is 1.00. The van der Waals surface area contributed by atoms with Crippen LogP contribution in [0.25, 0.3) is 0 Å². The molecule has 1 aromatic rings. The van der Waals surface area contributed by atoms with Crippen molar-refractivity contribution in [1.82, 2.24) is 15.6 Å². The second kappa shape index (κ2) is 6.86. The summed E-state index contributed by atoms with van der Waals surface area (Å²) in [5, 5.41) is 6.78. The van der Waals surface area contributed by atoms with Crippen LogP contribution in [-0.2, 0) is 6.54 Å². The van der Waals surface area contributed by atoms with Crippen LogP contribution in [0.4, 0.5) is 4.79 Å². The molecule has 1 aromatic heterocycles. The zero-order chi connectivity index (χ0) is 12.8. The van der Waals surface area contributed by atoms with Crippen LogP contribution in [0.3, 0.4) is 0 Å². The lowest BCUT2D eigenvalue weighted by atomic mass is 10.4. The van der Waals surface area contributed by atoms with Gasteiger partial charge in [-0.05, 0) is 27.0 Å². The maximum Gasteiger partial charge on any atom is 0.315 e. The number of thiazole rings is 1. The van der Waals surface area contributed by atoms with Gasteiger partial charge in [0.2, 0.25) is 0 Å². The molecule has 0 aromatic carbocycles. The lowest BCUT2D eigenvalue weighted by Gasteiger charge is -2.13. The van der Waals surface area contributed by atoms with Crippen LogP contribution in [0, 0.1) is 13.8 Å². The largest absolute Gasteiger partial charge is 0.335 e. The fourth-order valence-electron chi connectivity index (χ4n) is 1.46. The summed E-state index contributed by atoms with van der Waals surface area (Å²) in [6, 6.07) is 0.0753. The van der Waals surface area contributed by atoms with E-state index in [-0.39, 0.29) is 12.1 Å². The lowest BCUT2D eigenvalue weighted by Crippen LogP contribution is -2.41. The normalized spacial score (nSPS) is 12.2. The first-order valence-electron chi connectivity index (χ1n) is 5.49. The van der Waals surface area contributed by atoms with Crippen LogP contribution in [0.5, 0.6) is 0 Å². The van der Waals surface area contributed by atoms with Gasteiger partial charge in [-0.25, -0.2) is 9.78 Å². The Labute approximate surface area is 111 Å². The van der Waals surface area contributed by atoms with Gasteiger partial charge in [0.1, 0.15) is 0 Å².